The minimum Gasteiger partial charge on any atom is -0.390 e. The minimum atomic E-state index is -4.45. The number of benzene rings is 2. The van der Waals surface area contributed by atoms with Crippen molar-refractivity contribution in [3.05, 3.63) is 106 Å². The summed E-state index contributed by atoms with van der Waals surface area (Å²) in [6, 6.07) is 17.9. The zero-order chi connectivity index (χ0) is 25.5. The van der Waals surface area contributed by atoms with Crippen LogP contribution in [0.25, 0.3) is 11.3 Å². The Kier molecular flexibility index (Phi) is 7.59. The molecule has 0 spiro atoms. The third kappa shape index (κ3) is 6.66. The number of nitrogens with zero attached hydrogens (tertiary/aromatic N) is 3. The molecule has 4 aromatic rings. The van der Waals surface area contributed by atoms with Gasteiger partial charge >= 0.3 is 12.1 Å². The Morgan fingerprint density at radius 1 is 0.889 bits per heavy atom. The third-order valence-corrected chi connectivity index (χ3v) is 5.53. The maximum Gasteiger partial charge on any atom is 0.432 e. The monoisotopic (exact) mass is 496 g/mol. The lowest BCUT2D eigenvalue weighted by Gasteiger charge is -2.22. The van der Waals surface area contributed by atoms with E-state index in [9.17, 15) is 23.3 Å². The van der Waals surface area contributed by atoms with Gasteiger partial charge in [-0.2, -0.15) is 13.2 Å². The van der Waals surface area contributed by atoms with E-state index >= 15 is 0 Å². The van der Waals surface area contributed by atoms with Crippen molar-refractivity contribution in [2.45, 2.75) is 31.7 Å². The number of hydrogen-bond acceptors (Lipinski definition) is 6. The van der Waals surface area contributed by atoms with Crippen LogP contribution >= 0.6 is 0 Å². The average molecular weight is 496 g/mol. The van der Waals surface area contributed by atoms with Crippen LogP contribution in [0.15, 0.2) is 79.1 Å². The fraction of sp³-hybridized carbons (Fsp3) is 0.200. The molecule has 0 radical (unpaired) electrons. The number of alkyl halides is 3. The van der Waals surface area contributed by atoms with E-state index in [1.54, 1.807) is 36.4 Å². The molecule has 2 aromatic heterocycles. The van der Waals surface area contributed by atoms with Crippen molar-refractivity contribution in [2.75, 3.05) is 5.32 Å². The second-order valence-electron chi connectivity index (χ2n) is 8.14. The van der Waals surface area contributed by atoms with E-state index in [1.165, 1.54) is 12.4 Å². The molecule has 11 heteroatoms. The molecule has 0 aliphatic rings. The Balaban J connectivity index is 1.34. The number of anilines is 1. The van der Waals surface area contributed by atoms with Crippen LogP contribution in [0.3, 0.4) is 0 Å². The first kappa shape index (κ1) is 24.9. The topological polar surface area (TPSA) is 109 Å². The smallest absolute Gasteiger partial charge is 0.390 e. The molecule has 0 aliphatic heterocycles. The van der Waals surface area contributed by atoms with E-state index in [4.69, 9.17) is 0 Å². The number of H-pyrrole nitrogens is 1. The summed E-state index contributed by atoms with van der Waals surface area (Å²) in [4.78, 5) is 20.6. The lowest BCUT2D eigenvalue weighted by Crippen LogP contribution is -2.43. The lowest BCUT2D eigenvalue weighted by molar-refractivity contribution is -0.393. The molecule has 3 N–H and O–H groups in total. The van der Waals surface area contributed by atoms with Crippen molar-refractivity contribution in [3.63, 3.8) is 0 Å². The molecule has 0 bridgehead atoms. The van der Waals surface area contributed by atoms with E-state index in [0.717, 1.165) is 5.56 Å². The Morgan fingerprint density at radius 2 is 1.58 bits per heavy atom. The van der Waals surface area contributed by atoms with Crippen molar-refractivity contribution >= 4 is 11.8 Å². The van der Waals surface area contributed by atoms with Gasteiger partial charge in [0.1, 0.15) is 23.8 Å². The van der Waals surface area contributed by atoms with Crippen LogP contribution in [0.4, 0.5) is 24.9 Å². The summed E-state index contributed by atoms with van der Waals surface area (Å²) >= 11 is 0. The Labute approximate surface area is 204 Å². The van der Waals surface area contributed by atoms with Gasteiger partial charge in [0.15, 0.2) is 0 Å². The van der Waals surface area contributed by atoms with Crippen LogP contribution in [0.5, 0.6) is 0 Å². The highest BCUT2D eigenvalue weighted by Crippen LogP contribution is 2.25. The summed E-state index contributed by atoms with van der Waals surface area (Å²) in [5.74, 6) is 0.208. The van der Waals surface area contributed by atoms with Crippen molar-refractivity contribution in [1.82, 2.24) is 20.3 Å². The van der Waals surface area contributed by atoms with Gasteiger partial charge in [-0.05, 0) is 34.1 Å². The van der Waals surface area contributed by atoms with Gasteiger partial charge in [-0.1, -0.05) is 65.6 Å². The molecule has 1 unspecified atom stereocenters. The van der Waals surface area contributed by atoms with E-state index in [0.29, 0.717) is 34.7 Å². The highest BCUT2D eigenvalue weighted by atomic mass is 19.4. The highest BCUT2D eigenvalue weighted by molar-refractivity contribution is 5.59. The summed E-state index contributed by atoms with van der Waals surface area (Å²) in [6.45, 7) is 0.563. The molecule has 36 heavy (non-hydrogen) atoms. The molecule has 0 fully saturated rings. The molecule has 2 heterocycles. The quantitative estimate of drug-likeness (QED) is 0.204. The highest BCUT2D eigenvalue weighted by Gasteiger charge is 2.39. The summed E-state index contributed by atoms with van der Waals surface area (Å²) in [5, 5.41) is 16.5. The number of pyridine rings is 1. The molecule has 8 nitrogen and oxygen atoms in total. The predicted molar refractivity (Wildman–Crippen MR) is 129 cm³/mol. The minimum absolute atomic E-state index is 0.00226. The van der Waals surface area contributed by atoms with Crippen molar-refractivity contribution < 1.29 is 18.1 Å². The van der Waals surface area contributed by atoms with E-state index < -0.39 is 17.1 Å². The summed E-state index contributed by atoms with van der Waals surface area (Å²) in [5.41, 5.74) is 3.26. The molecule has 186 valence electrons. The molecule has 4 rings (SSSR count). The Hall–Kier alpha value is -4.25. The van der Waals surface area contributed by atoms with E-state index in [2.05, 4.69) is 25.6 Å². The number of aromatic nitrogens is 3. The average Bonchev–Trinajstić information content (AvgIpc) is 3.37. The second-order valence-corrected chi connectivity index (χ2v) is 8.14. The first-order valence-corrected chi connectivity index (χ1v) is 11.1. The van der Waals surface area contributed by atoms with Gasteiger partial charge in [0, 0.05) is 24.8 Å². The summed E-state index contributed by atoms with van der Waals surface area (Å²) < 4.78 is 41.1. The molecule has 2 aromatic carbocycles. The number of nitrogens with one attached hydrogen (secondary N) is 3. The molecular formula is C25H23F3N6O2. The number of aromatic amines is 1. The molecule has 0 saturated heterocycles. The summed E-state index contributed by atoms with van der Waals surface area (Å²) in [7, 11) is 0. The molecular weight excluding hydrogens is 473 g/mol. The number of halogens is 3. The maximum absolute atomic E-state index is 13.7. The van der Waals surface area contributed by atoms with Crippen molar-refractivity contribution in [3.8, 4) is 11.3 Å². The third-order valence-electron chi connectivity index (χ3n) is 5.53. The van der Waals surface area contributed by atoms with Gasteiger partial charge in [0.2, 0.25) is 0 Å². The van der Waals surface area contributed by atoms with Gasteiger partial charge in [0.05, 0.1) is 0 Å². The van der Waals surface area contributed by atoms with E-state index in [-0.39, 0.29) is 18.9 Å². The zero-order valence-electron chi connectivity index (χ0n) is 19.0. The first-order valence-electron chi connectivity index (χ1n) is 11.1. The fourth-order valence-corrected chi connectivity index (χ4v) is 3.57. The SMILES string of the molecule is O=[N+]([O-])c1ncc(-c2ccc(CNC(Cc3ccc(NCc4ccccc4)nc3)C(F)(F)F)cc2)[nH]1. The normalized spacial score (nSPS) is 12.3. The van der Waals surface area contributed by atoms with Crippen molar-refractivity contribution in [2.24, 2.45) is 0 Å². The maximum atomic E-state index is 13.7. The largest absolute Gasteiger partial charge is 0.432 e. The number of rotatable bonds is 10. The summed E-state index contributed by atoms with van der Waals surface area (Å²) in [6.07, 6.45) is -1.92. The van der Waals surface area contributed by atoms with Crippen LogP contribution in [0.2, 0.25) is 0 Å². The second kappa shape index (κ2) is 11.0. The lowest BCUT2D eigenvalue weighted by atomic mass is 10.1. The fourth-order valence-electron chi connectivity index (χ4n) is 3.57. The van der Waals surface area contributed by atoms with Gasteiger partial charge in [0.25, 0.3) is 0 Å². The molecule has 1 atom stereocenters. The number of imidazole rings is 1. The standard InChI is InChI=1S/C25H23F3N6O2/c26-25(27,28)22(12-19-8-11-23(31-15-19)30-14-17-4-2-1-3-5-17)29-13-18-6-9-20(10-7-18)21-16-32-24(33-21)34(35)36/h1-11,15-16,22,29H,12-14H2,(H,30,31)(H,32,33). The van der Waals surface area contributed by atoms with Gasteiger partial charge in [-0.25, -0.2) is 9.97 Å². The molecule has 0 aliphatic carbocycles. The molecule has 0 amide bonds. The van der Waals surface area contributed by atoms with Crippen LogP contribution in [0, 0.1) is 10.1 Å². The van der Waals surface area contributed by atoms with E-state index in [1.807, 2.05) is 30.3 Å². The van der Waals surface area contributed by atoms with Crippen LogP contribution in [-0.2, 0) is 19.5 Å². The Bertz CT molecular complexity index is 1280. The van der Waals surface area contributed by atoms with Gasteiger partial charge in [-0.3, -0.25) is 0 Å². The van der Waals surface area contributed by atoms with Crippen LogP contribution in [-0.4, -0.2) is 32.1 Å². The van der Waals surface area contributed by atoms with Gasteiger partial charge < -0.3 is 20.7 Å². The first-order chi connectivity index (χ1) is 17.3. The van der Waals surface area contributed by atoms with Gasteiger partial charge in [-0.15, -0.1) is 0 Å². The predicted octanol–water partition coefficient (Wildman–Crippen LogP) is 5.26. The van der Waals surface area contributed by atoms with Crippen LogP contribution < -0.4 is 10.6 Å². The Morgan fingerprint density at radius 3 is 2.19 bits per heavy atom. The zero-order valence-corrected chi connectivity index (χ0v) is 19.0. The van der Waals surface area contributed by atoms with Crippen LogP contribution in [0.1, 0.15) is 16.7 Å². The molecule has 0 saturated carbocycles. The number of nitro groups is 1. The number of hydrogen-bond donors (Lipinski definition) is 3. The van der Waals surface area contributed by atoms with Crippen molar-refractivity contribution in [1.29, 1.82) is 0 Å².